The van der Waals surface area contributed by atoms with Gasteiger partial charge in [0.05, 0.1) is 12.5 Å². The van der Waals surface area contributed by atoms with E-state index in [1.165, 1.54) is 7.11 Å². The van der Waals surface area contributed by atoms with E-state index >= 15 is 0 Å². The van der Waals surface area contributed by atoms with Crippen LogP contribution in [0.2, 0.25) is 0 Å². The first-order valence-electron chi connectivity index (χ1n) is 5.09. The Kier molecular flexibility index (Phi) is 5.70. The molecule has 0 saturated carbocycles. The lowest BCUT2D eigenvalue weighted by Crippen LogP contribution is -2.37. The molecule has 1 aromatic rings. The number of hydrogen-bond donors (Lipinski definition) is 1. The van der Waals surface area contributed by atoms with Gasteiger partial charge in [0.25, 0.3) is 0 Å². The fourth-order valence-electron chi connectivity index (χ4n) is 1.56. The highest BCUT2D eigenvalue weighted by molar-refractivity contribution is 5.85. The molecular formula is C12H16ClF2NO2. The van der Waals surface area contributed by atoms with Crippen molar-refractivity contribution in [3.8, 4) is 0 Å². The van der Waals surface area contributed by atoms with E-state index in [2.05, 4.69) is 4.74 Å². The van der Waals surface area contributed by atoms with Crippen LogP contribution in [-0.2, 0) is 9.53 Å². The number of halogens is 3. The summed E-state index contributed by atoms with van der Waals surface area (Å²) in [7, 11) is 1.24. The van der Waals surface area contributed by atoms with Crippen molar-refractivity contribution >= 4 is 18.4 Å². The van der Waals surface area contributed by atoms with Crippen molar-refractivity contribution in [3.05, 3.63) is 35.4 Å². The summed E-state index contributed by atoms with van der Waals surface area (Å²) in [6, 6.07) is 2.12. The maximum absolute atomic E-state index is 13.0. The van der Waals surface area contributed by atoms with Crippen LogP contribution in [0.5, 0.6) is 0 Å². The third-order valence-electron chi connectivity index (χ3n) is 2.73. The van der Waals surface area contributed by atoms with Crippen molar-refractivity contribution in [1.82, 2.24) is 0 Å². The third kappa shape index (κ3) is 3.40. The first-order chi connectivity index (χ1) is 7.78. The largest absolute Gasteiger partial charge is 0.469 e. The van der Waals surface area contributed by atoms with E-state index in [1.807, 2.05) is 0 Å². The molecule has 0 aliphatic carbocycles. The zero-order valence-corrected chi connectivity index (χ0v) is 11.2. The van der Waals surface area contributed by atoms with E-state index in [1.54, 1.807) is 13.8 Å². The van der Waals surface area contributed by atoms with Gasteiger partial charge >= 0.3 is 5.97 Å². The number of ether oxygens (including phenoxy) is 1. The molecule has 0 aliphatic rings. The number of rotatable bonds is 3. The van der Waals surface area contributed by atoms with E-state index in [9.17, 15) is 13.6 Å². The van der Waals surface area contributed by atoms with Crippen LogP contribution in [0.1, 0.15) is 25.5 Å². The molecule has 0 unspecified atom stereocenters. The van der Waals surface area contributed by atoms with Gasteiger partial charge in [0.1, 0.15) is 11.6 Å². The van der Waals surface area contributed by atoms with Gasteiger partial charge in [-0.25, -0.2) is 8.78 Å². The summed E-state index contributed by atoms with van der Waals surface area (Å²) in [5.74, 6) is -1.98. The Morgan fingerprint density at radius 3 is 2.11 bits per heavy atom. The Morgan fingerprint density at radius 1 is 1.28 bits per heavy atom. The fraction of sp³-hybridized carbons (Fsp3) is 0.417. The van der Waals surface area contributed by atoms with Crippen LogP contribution in [0.4, 0.5) is 8.78 Å². The van der Waals surface area contributed by atoms with Crippen LogP contribution in [-0.4, -0.2) is 13.1 Å². The minimum atomic E-state index is -1.06. The maximum atomic E-state index is 13.0. The van der Waals surface area contributed by atoms with Crippen LogP contribution in [0.3, 0.4) is 0 Å². The van der Waals surface area contributed by atoms with Crippen molar-refractivity contribution in [2.24, 2.45) is 11.1 Å². The number of carbonyl (C=O) groups excluding carboxylic acids is 1. The molecule has 0 spiro atoms. The highest BCUT2D eigenvalue weighted by Crippen LogP contribution is 2.33. The first-order valence-corrected chi connectivity index (χ1v) is 5.09. The quantitative estimate of drug-likeness (QED) is 0.865. The highest BCUT2D eigenvalue weighted by atomic mass is 35.5. The molecule has 0 radical (unpaired) electrons. The van der Waals surface area contributed by atoms with E-state index in [-0.39, 0.29) is 18.0 Å². The van der Waals surface area contributed by atoms with Crippen LogP contribution in [0.15, 0.2) is 18.2 Å². The number of carbonyl (C=O) groups is 1. The Labute approximate surface area is 111 Å². The van der Waals surface area contributed by atoms with Gasteiger partial charge in [0, 0.05) is 12.1 Å². The molecule has 0 saturated heterocycles. The third-order valence-corrected chi connectivity index (χ3v) is 2.73. The number of methoxy groups -OCH3 is 1. The van der Waals surface area contributed by atoms with Crippen molar-refractivity contribution in [1.29, 1.82) is 0 Å². The van der Waals surface area contributed by atoms with Gasteiger partial charge in [-0.3, -0.25) is 4.79 Å². The van der Waals surface area contributed by atoms with Crippen molar-refractivity contribution in [2.45, 2.75) is 19.9 Å². The summed E-state index contributed by atoms with van der Waals surface area (Å²) in [4.78, 5) is 11.5. The SMILES string of the molecule is COC(=O)C(C)(C)[C@@H](N)c1cc(F)cc(F)c1.Cl. The van der Waals surface area contributed by atoms with Gasteiger partial charge in [-0.05, 0) is 31.5 Å². The molecule has 3 nitrogen and oxygen atoms in total. The lowest BCUT2D eigenvalue weighted by atomic mass is 9.81. The van der Waals surface area contributed by atoms with Crippen LogP contribution >= 0.6 is 12.4 Å². The standard InChI is InChI=1S/C12H15F2NO2.ClH/c1-12(2,11(16)17-3)10(15)7-4-8(13)6-9(14)5-7;/h4-6,10H,15H2,1-3H3;1H/t10-;/m0./s1. The minimum absolute atomic E-state index is 0. The zero-order chi connectivity index (χ0) is 13.2. The van der Waals surface area contributed by atoms with Crippen molar-refractivity contribution < 1.29 is 18.3 Å². The Morgan fingerprint density at radius 2 is 1.72 bits per heavy atom. The van der Waals surface area contributed by atoms with E-state index in [4.69, 9.17) is 5.73 Å². The van der Waals surface area contributed by atoms with Gasteiger partial charge in [0.2, 0.25) is 0 Å². The molecular weight excluding hydrogens is 264 g/mol. The molecule has 0 aromatic heterocycles. The van der Waals surface area contributed by atoms with Gasteiger partial charge in [0.15, 0.2) is 0 Å². The predicted molar refractivity (Wildman–Crippen MR) is 66.3 cm³/mol. The van der Waals surface area contributed by atoms with Crippen molar-refractivity contribution in [3.63, 3.8) is 0 Å². The summed E-state index contributed by atoms with van der Waals surface area (Å²) in [6.07, 6.45) is 0. The highest BCUT2D eigenvalue weighted by Gasteiger charge is 2.36. The Hall–Kier alpha value is -1.20. The lowest BCUT2D eigenvalue weighted by Gasteiger charge is -2.28. The molecule has 0 heterocycles. The average molecular weight is 280 g/mol. The monoisotopic (exact) mass is 279 g/mol. The smallest absolute Gasteiger partial charge is 0.313 e. The summed E-state index contributed by atoms with van der Waals surface area (Å²) >= 11 is 0. The molecule has 6 heteroatoms. The molecule has 2 N–H and O–H groups in total. The number of esters is 1. The van der Waals surface area contributed by atoms with Crippen LogP contribution in [0, 0.1) is 17.0 Å². The molecule has 1 aromatic carbocycles. The molecule has 1 atom stereocenters. The summed E-state index contributed by atoms with van der Waals surface area (Å²) in [5, 5.41) is 0. The zero-order valence-electron chi connectivity index (χ0n) is 10.4. The van der Waals surface area contributed by atoms with E-state index in [0.29, 0.717) is 0 Å². The number of nitrogens with two attached hydrogens (primary N) is 1. The minimum Gasteiger partial charge on any atom is -0.469 e. The lowest BCUT2D eigenvalue weighted by molar-refractivity contribution is -0.152. The van der Waals surface area contributed by atoms with Crippen molar-refractivity contribution in [2.75, 3.05) is 7.11 Å². The second-order valence-electron chi connectivity index (χ2n) is 4.39. The fourth-order valence-corrected chi connectivity index (χ4v) is 1.56. The van der Waals surface area contributed by atoms with Gasteiger partial charge in [-0.1, -0.05) is 0 Å². The molecule has 0 amide bonds. The molecule has 1 rings (SSSR count). The first kappa shape index (κ1) is 16.8. The van der Waals surface area contributed by atoms with Crippen LogP contribution in [0.25, 0.3) is 0 Å². The summed E-state index contributed by atoms with van der Waals surface area (Å²) in [6.45, 7) is 3.12. The number of benzene rings is 1. The Balaban J connectivity index is 0.00000289. The average Bonchev–Trinajstić information content (AvgIpc) is 2.25. The molecule has 18 heavy (non-hydrogen) atoms. The molecule has 0 aliphatic heterocycles. The summed E-state index contributed by atoms with van der Waals surface area (Å²) < 4.78 is 30.7. The molecule has 0 fully saturated rings. The predicted octanol–water partition coefficient (Wildman–Crippen LogP) is 2.59. The maximum Gasteiger partial charge on any atom is 0.313 e. The van der Waals surface area contributed by atoms with E-state index in [0.717, 1.165) is 18.2 Å². The normalized spacial score (nSPS) is 12.6. The Bertz CT molecular complexity index is 418. The topological polar surface area (TPSA) is 52.3 Å². The van der Waals surface area contributed by atoms with Gasteiger partial charge in [-0.2, -0.15) is 0 Å². The van der Waals surface area contributed by atoms with Gasteiger partial charge < -0.3 is 10.5 Å². The summed E-state index contributed by atoms with van der Waals surface area (Å²) in [5.41, 5.74) is 5.01. The van der Waals surface area contributed by atoms with Gasteiger partial charge in [-0.15, -0.1) is 12.4 Å². The number of hydrogen-bond acceptors (Lipinski definition) is 3. The second kappa shape index (κ2) is 6.11. The second-order valence-corrected chi connectivity index (χ2v) is 4.39. The molecule has 0 bridgehead atoms. The van der Waals surface area contributed by atoms with E-state index < -0.39 is 29.1 Å². The molecule has 102 valence electrons. The van der Waals surface area contributed by atoms with Crippen LogP contribution < -0.4 is 5.73 Å².